The lowest BCUT2D eigenvalue weighted by atomic mass is 10.1. The van der Waals surface area contributed by atoms with Gasteiger partial charge in [-0.2, -0.15) is 0 Å². The van der Waals surface area contributed by atoms with Crippen LogP contribution in [-0.4, -0.2) is 45.8 Å². The average molecular weight is 345 g/mol. The molecule has 0 N–H and O–H groups in total. The van der Waals surface area contributed by atoms with E-state index in [1.807, 2.05) is 25.2 Å². The monoisotopic (exact) mass is 344 g/mol. The van der Waals surface area contributed by atoms with Gasteiger partial charge >= 0.3 is 0 Å². The summed E-state index contributed by atoms with van der Waals surface area (Å²) in [6.07, 6.45) is 7.50. The molecule has 1 saturated heterocycles. The maximum atomic E-state index is 13.1. The highest BCUT2D eigenvalue weighted by molar-refractivity contribution is 6.29. The highest BCUT2D eigenvalue weighted by Gasteiger charge is 2.31. The predicted molar refractivity (Wildman–Crippen MR) is 93.5 cm³/mol. The first-order valence-electron chi connectivity index (χ1n) is 8.14. The molecule has 0 aromatic carbocycles. The van der Waals surface area contributed by atoms with Gasteiger partial charge in [0.25, 0.3) is 0 Å². The molecule has 0 radical (unpaired) electrons. The first-order valence-corrected chi connectivity index (χ1v) is 8.52. The third-order valence-electron chi connectivity index (χ3n) is 4.32. The Morgan fingerprint density at radius 1 is 1.29 bits per heavy atom. The third kappa shape index (κ3) is 3.91. The second kappa shape index (κ2) is 7.73. The molecule has 0 spiro atoms. The summed E-state index contributed by atoms with van der Waals surface area (Å²) in [6.45, 7) is 2.40. The van der Waals surface area contributed by atoms with Crippen molar-refractivity contribution in [3.63, 3.8) is 0 Å². The molecule has 2 aromatic heterocycles. The van der Waals surface area contributed by atoms with Crippen LogP contribution < -0.4 is 0 Å². The molecule has 3 heterocycles. The Morgan fingerprint density at radius 3 is 2.71 bits per heavy atom. The van der Waals surface area contributed by atoms with E-state index in [4.69, 9.17) is 11.6 Å². The molecule has 2 aromatic rings. The fourth-order valence-electron chi connectivity index (χ4n) is 3.11. The zero-order valence-electron chi connectivity index (χ0n) is 13.7. The molecule has 1 fully saturated rings. The number of hydrogen-bond donors (Lipinski definition) is 0. The molecule has 24 heavy (non-hydrogen) atoms. The summed E-state index contributed by atoms with van der Waals surface area (Å²) in [5, 5.41) is 0.457. The maximum Gasteiger partial charge on any atom is 0.244 e. The number of amides is 1. The van der Waals surface area contributed by atoms with Gasteiger partial charge in [-0.3, -0.25) is 14.7 Å². The molecule has 0 unspecified atom stereocenters. The number of carbonyl (C=O) groups excluding carboxylic acids is 1. The number of hydrogen-bond acceptors (Lipinski definition) is 4. The van der Waals surface area contributed by atoms with Crippen LogP contribution in [0.1, 0.15) is 30.0 Å². The van der Waals surface area contributed by atoms with Gasteiger partial charge in [-0.25, -0.2) is 4.98 Å². The number of likely N-dealkylation sites (N-methyl/N-ethyl adjacent to an activating group) is 1. The van der Waals surface area contributed by atoms with Gasteiger partial charge in [-0.15, -0.1) is 0 Å². The summed E-state index contributed by atoms with van der Waals surface area (Å²) >= 11 is 5.82. The van der Waals surface area contributed by atoms with Gasteiger partial charge in [0.1, 0.15) is 11.2 Å². The Hall–Kier alpha value is -1.98. The van der Waals surface area contributed by atoms with E-state index < -0.39 is 0 Å². The number of nitrogens with zero attached hydrogens (tertiary/aromatic N) is 4. The van der Waals surface area contributed by atoms with Crippen molar-refractivity contribution in [3.8, 4) is 0 Å². The van der Waals surface area contributed by atoms with E-state index in [0.29, 0.717) is 11.7 Å². The van der Waals surface area contributed by atoms with E-state index in [2.05, 4.69) is 14.9 Å². The van der Waals surface area contributed by atoms with E-state index >= 15 is 0 Å². The molecule has 1 aliphatic rings. The zero-order chi connectivity index (χ0) is 16.9. The number of pyridine rings is 2. The lowest BCUT2D eigenvalue weighted by Gasteiger charge is -2.30. The average Bonchev–Trinajstić information content (AvgIpc) is 3.12. The quantitative estimate of drug-likeness (QED) is 0.782. The van der Waals surface area contributed by atoms with Crippen molar-refractivity contribution < 1.29 is 4.79 Å². The van der Waals surface area contributed by atoms with Crippen LogP contribution in [0, 0.1) is 0 Å². The number of rotatable bonds is 5. The maximum absolute atomic E-state index is 13.1. The van der Waals surface area contributed by atoms with Gasteiger partial charge < -0.3 is 4.90 Å². The first kappa shape index (κ1) is 16.9. The van der Waals surface area contributed by atoms with Crippen molar-refractivity contribution >= 4 is 17.5 Å². The van der Waals surface area contributed by atoms with Gasteiger partial charge in [0, 0.05) is 32.2 Å². The molecule has 1 aliphatic heterocycles. The molecule has 126 valence electrons. The highest BCUT2D eigenvalue weighted by atomic mass is 35.5. The summed E-state index contributed by atoms with van der Waals surface area (Å²) in [4.78, 5) is 25.4. The zero-order valence-corrected chi connectivity index (χ0v) is 14.5. The third-order valence-corrected chi connectivity index (χ3v) is 4.55. The molecule has 0 bridgehead atoms. The molecular weight excluding hydrogens is 324 g/mol. The largest absolute Gasteiger partial charge is 0.340 e. The van der Waals surface area contributed by atoms with E-state index in [0.717, 1.165) is 37.1 Å². The Morgan fingerprint density at radius 2 is 2.08 bits per heavy atom. The number of halogens is 1. The summed E-state index contributed by atoms with van der Waals surface area (Å²) in [7, 11) is 1.83. The van der Waals surface area contributed by atoms with Crippen LogP contribution in [0.5, 0.6) is 0 Å². The Bertz CT molecular complexity index is 671. The van der Waals surface area contributed by atoms with Gasteiger partial charge in [0.2, 0.25) is 5.91 Å². The predicted octanol–water partition coefficient (Wildman–Crippen LogP) is 2.93. The summed E-state index contributed by atoms with van der Waals surface area (Å²) < 4.78 is 0. The highest BCUT2D eigenvalue weighted by Crippen LogP contribution is 2.26. The standard InChI is InChI=1S/C18H21ClN4O/c1-22(13-14-6-7-16(19)21-11-14)18(24)17(23-9-2-3-10-23)15-5-4-8-20-12-15/h4-8,11-12,17H,2-3,9-10,13H2,1H3/t17-/m0/s1. The van der Waals surface area contributed by atoms with Crippen molar-refractivity contribution in [2.45, 2.75) is 25.4 Å². The smallest absolute Gasteiger partial charge is 0.244 e. The van der Waals surface area contributed by atoms with E-state index in [9.17, 15) is 4.79 Å². The van der Waals surface area contributed by atoms with Gasteiger partial charge in [-0.05, 0) is 49.2 Å². The molecule has 6 heteroatoms. The van der Waals surface area contributed by atoms with Crippen molar-refractivity contribution in [3.05, 3.63) is 59.1 Å². The fraction of sp³-hybridized carbons (Fsp3) is 0.389. The van der Waals surface area contributed by atoms with Crippen LogP contribution >= 0.6 is 11.6 Å². The Kier molecular flexibility index (Phi) is 5.43. The number of aromatic nitrogens is 2. The first-order chi connectivity index (χ1) is 11.6. The molecule has 1 amide bonds. The molecule has 0 aliphatic carbocycles. The van der Waals surface area contributed by atoms with Crippen LogP contribution in [0.3, 0.4) is 0 Å². The van der Waals surface area contributed by atoms with Gasteiger partial charge in [0.05, 0.1) is 0 Å². The SMILES string of the molecule is CN(Cc1ccc(Cl)nc1)C(=O)[C@H](c1cccnc1)N1CCCC1. The fourth-order valence-corrected chi connectivity index (χ4v) is 3.22. The Labute approximate surface area is 147 Å². The van der Waals surface area contributed by atoms with Crippen LogP contribution in [0.25, 0.3) is 0 Å². The summed E-state index contributed by atoms with van der Waals surface area (Å²) in [5.41, 5.74) is 1.91. The normalized spacial score (nSPS) is 16.1. The minimum absolute atomic E-state index is 0.0832. The summed E-state index contributed by atoms with van der Waals surface area (Å²) in [5.74, 6) is 0.0832. The van der Waals surface area contributed by atoms with Crippen LogP contribution in [0.15, 0.2) is 42.9 Å². The van der Waals surface area contributed by atoms with Gasteiger partial charge in [0.15, 0.2) is 0 Å². The second-order valence-electron chi connectivity index (χ2n) is 6.12. The minimum atomic E-state index is -0.272. The molecule has 3 rings (SSSR count). The summed E-state index contributed by atoms with van der Waals surface area (Å²) in [6, 6.07) is 7.23. The topological polar surface area (TPSA) is 49.3 Å². The number of carbonyl (C=O) groups is 1. The van der Waals surface area contributed by atoms with E-state index in [-0.39, 0.29) is 11.9 Å². The molecule has 1 atom stereocenters. The molecular formula is C18H21ClN4O. The van der Waals surface area contributed by atoms with Crippen LogP contribution in [-0.2, 0) is 11.3 Å². The van der Waals surface area contributed by atoms with Crippen LogP contribution in [0.4, 0.5) is 0 Å². The van der Waals surface area contributed by atoms with Crippen LogP contribution in [0.2, 0.25) is 5.15 Å². The lowest BCUT2D eigenvalue weighted by molar-refractivity contribution is -0.136. The second-order valence-corrected chi connectivity index (χ2v) is 6.50. The lowest BCUT2D eigenvalue weighted by Crippen LogP contribution is -2.40. The Balaban J connectivity index is 1.78. The van der Waals surface area contributed by atoms with Crippen molar-refractivity contribution in [1.29, 1.82) is 0 Å². The minimum Gasteiger partial charge on any atom is -0.340 e. The number of likely N-dealkylation sites (tertiary alicyclic amines) is 1. The van der Waals surface area contributed by atoms with E-state index in [1.165, 1.54) is 0 Å². The van der Waals surface area contributed by atoms with Gasteiger partial charge in [-0.1, -0.05) is 23.7 Å². The van der Waals surface area contributed by atoms with Crippen molar-refractivity contribution in [2.24, 2.45) is 0 Å². The molecule has 0 saturated carbocycles. The van der Waals surface area contributed by atoms with E-state index in [1.54, 1.807) is 29.6 Å². The molecule has 5 nitrogen and oxygen atoms in total. The van der Waals surface area contributed by atoms with Crippen molar-refractivity contribution in [1.82, 2.24) is 19.8 Å². The van der Waals surface area contributed by atoms with Crippen molar-refractivity contribution in [2.75, 3.05) is 20.1 Å².